The Bertz CT molecular complexity index is 957. The van der Waals surface area contributed by atoms with Crippen molar-refractivity contribution in [1.82, 2.24) is 10.1 Å². The van der Waals surface area contributed by atoms with Crippen LogP contribution in [0.4, 0.5) is 10.1 Å². The van der Waals surface area contributed by atoms with Gasteiger partial charge in [0, 0.05) is 30.2 Å². The quantitative estimate of drug-likeness (QED) is 0.756. The Morgan fingerprint density at radius 1 is 1.15 bits per heavy atom. The maximum Gasteiger partial charge on any atom is 0.231 e. The lowest BCUT2D eigenvalue weighted by molar-refractivity contribution is -0.116. The molecule has 0 radical (unpaired) electrons. The molecule has 0 saturated heterocycles. The number of hydrogen-bond donors (Lipinski definition) is 1. The predicted molar refractivity (Wildman–Crippen MR) is 89.2 cm³/mol. The van der Waals surface area contributed by atoms with Gasteiger partial charge in [0.2, 0.25) is 24.4 Å². The average molecular weight is 355 g/mol. The molecule has 3 aromatic rings. The number of aryl methyl sites for hydroxylation is 1. The van der Waals surface area contributed by atoms with Crippen LogP contribution in [0.25, 0.3) is 11.4 Å². The summed E-state index contributed by atoms with van der Waals surface area (Å²) in [4.78, 5) is 16.3. The van der Waals surface area contributed by atoms with Crippen LogP contribution in [-0.4, -0.2) is 22.8 Å². The summed E-state index contributed by atoms with van der Waals surface area (Å²) in [5, 5.41) is 6.59. The molecule has 1 aliphatic heterocycles. The molecule has 132 valence electrons. The number of ether oxygens (including phenoxy) is 2. The molecule has 1 N–H and O–H groups in total. The Hall–Kier alpha value is -3.42. The Labute approximate surface area is 147 Å². The number of halogens is 1. The summed E-state index contributed by atoms with van der Waals surface area (Å²) in [6.07, 6.45) is 0.442. The highest BCUT2D eigenvalue weighted by atomic mass is 19.1. The molecule has 0 bridgehead atoms. The van der Waals surface area contributed by atoms with E-state index < -0.39 is 0 Å². The van der Waals surface area contributed by atoms with E-state index in [1.807, 2.05) is 0 Å². The third-order valence-corrected chi connectivity index (χ3v) is 3.77. The summed E-state index contributed by atoms with van der Waals surface area (Å²) >= 11 is 0. The van der Waals surface area contributed by atoms with Crippen LogP contribution in [0.15, 0.2) is 47.0 Å². The molecule has 0 aliphatic carbocycles. The van der Waals surface area contributed by atoms with Crippen LogP contribution in [0.1, 0.15) is 12.3 Å². The Balaban J connectivity index is 1.35. The van der Waals surface area contributed by atoms with Gasteiger partial charge in [-0.25, -0.2) is 4.39 Å². The highest BCUT2D eigenvalue weighted by molar-refractivity contribution is 5.91. The molecule has 1 amide bonds. The molecule has 0 atom stereocenters. The first kappa shape index (κ1) is 16.1. The second kappa shape index (κ2) is 6.83. The van der Waals surface area contributed by atoms with Crippen molar-refractivity contribution in [3.05, 3.63) is 54.2 Å². The van der Waals surface area contributed by atoms with Gasteiger partial charge in [-0.1, -0.05) is 17.3 Å². The van der Waals surface area contributed by atoms with Gasteiger partial charge < -0.3 is 19.3 Å². The second-order valence-corrected chi connectivity index (χ2v) is 5.64. The van der Waals surface area contributed by atoms with Gasteiger partial charge in [0.15, 0.2) is 11.5 Å². The molecular weight excluding hydrogens is 341 g/mol. The van der Waals surface area contributed by atoms with E-state index in [9.17, 15) is 9.18 Å². The maximum absolute atomic E-state index is 13.2. The van der Waals surface area contributed by atoms with Gasteiger partial charge in [0.25, 0.3) is 0 Å². The first-order valence-electron chi connectivity index (χ1n) is 7.95. The number of anilines is 1. The average Bonchev–Trinajstić information content (AvgIpc) is 3.29. The SMILES string of the molecule is O=C(CCc1nc(-c2cccc(F)c2)no1)Nc1ccc2c(c1)OCO2. The van der Waals surface area contributed by atoms with E-state index in [4.69, 9.17) is 14.0 Å². The minimum Gasteiger partial charge on any atom is -0.454 e. The minimum absolute atomic E-state index is 0.166. The summed E-state index contributed by atoms with van der Waals surface area (Å²) in [7, 11) is 0. The van der Waals surface area contributed by atoms with E-state index in [1.165, 1.54) is 12.1 Å². The molecule has 0 saturated carbocycles. The zero-order valence-corrected chi connectivity index (χ0v) is 13.6. The fourth-order valence-electron chi connectivity index (χ4n) is 2.52. The summed E-state index contributed by atoms with van der Waals surface area (Å²) in [5.41, 5.74) is 1.13. The first-order valence-corrected chi connectivity index (χ1v) is 7.95. The highest BCUT2D eigenvalue weighted by Gasteiger charge is 2.15. The summed E-state index contributed by atoms with van der Waals surface area (Å²) in [6, 6.07) is 11.1. The van der Waals surface area contributed by atoms with Crippen molar-refractivity contribution in [3.63, 3.8) is 0 Å². The number of carbonyl (C=O) groups excluding carboxylic acids is 1. The number of carbonyl (C=O) groups is 1. The van der Waals surface area contributed by atoms with E-state index >= 15 is 0 Å². The van der Waals surface area contributed by atoms with Gasteiger partial charge in [-0.2, -0.15) is 4.98 Å². The largest absolute Gasteiger partial charge is 0.454 e. The zero-order chi connectivity index (χ0) is 17.9. The van der Waals surface area contributed by atoms with Crippen LogP contribution < -0.4 is 14.8 Å². The third kappa shape index (κ3) is 3.49. The van der Waals surface area contributed by atoms with Crippen LogP contribution in [-0.2, 0) is 11.2 Å². The van der Waals surface area contributed by atoms with Crippen molar-refractivity contribution < 1.29 is 23.2 Å². The van der Waals surface area contributed by atoms with Crippen LogP contribution in [0.2, 0.25) is 0 Å². The predicted octanol–water partition coefficient (Wildman–Crippen LogP) is 3.18. The smallest absolute Gasteiger partial charge is 0.231 e. The van der Waals surface area contributed by atoms with Crippen molar-refractivity contribution in [2.24, 2.45) is 0 Å². The van der Waals surface area contributed by atoms with Crippen molar-refractivity contribution in [2.75, 3.05) is 12.1 Å². The van der Waals surface area contributed by atoms with E-state index in [0.717, 1.165) is 0 Å². The van der Waals surface area contributed by atoms with Crippen molar-refractivity contribution >= 4 is 11.6 Å². The molecule has 8 heteroatoms. The standard InChI is InChI=1S/C18H14FN3O4/c19-12-3-1-2-11(8-12)18-21-17(26-22-18)7-6-16(23)20-13-4-5-14-15(9-13)25-10-24-14/h1-5,8-9H,6-7,10H2,(H,20,23). The molecule has 1 aromatic heterocycles. The molecular formula is C18H14FN3O4. The number of nitrogens with zero attached hydrogens (tertiary/aromatic N) is 2. The number of hydrogen-bond acceptors (Lipinski definition) is 6. The van der Waals surface area contributed by atoms with Crippen molar-refractivity contribution in [3.8, 4) is 22.9 Å². The minimum atomic E-state index is -0.378. The lowest BCUT2D eigenvalue weighted by atomic mass is 10.2. The number of benzene rings is 2. The van der Waals surface area contributed by atoms with Crippen LogP contribution >= 0.6 is 0 Å². The Morgan fingerprint density at radius 3 is 2.92 bits per heavy atom. The highest BCUT2D eigenvalue weighted by Crippen LogP contribution is 2.34. The van der Waals surface area contributed by atoms with E-state index in [2.05, 4.69) is 15.5 Å². The normalized spacial score (nSPS) is 12.2. The van der Waals surface area contributed by atoms with Crippen LogP contribution in [0.3, 0.4) is 0 Å². The van der Waals surface area contributed by atoms with Crippen LogP contribution in [0, 0.1) is 5.82 Å². The lowest BCUT2D eigenvalue weighted by Gasteiger charge is -2.05. The number of aromatic nitrogens is 2. The van der Waals surface area contributed by atoms with Gasteiger partial charge in [-0.3, -0.25) is 4.79 Å². The fraction of sp³-hybridized carbons (Fsp3) is 0.167. The topological polar surface area (TPSA) is 86.5 Å². The number of amides is 1. The molecule has 0 unspecified atom stereocenters. The molecule has 26 heavy (non-hydrogen) atoms. The van der Waals surface area contributed by atoms with Gasteiger partial charge in [-0.15, -0.1) is 0 Å². The number of fused-ring (bicyclic) bond motifs is 1. The first-order chi connectivity index (χ1) is 12.7. The van der Waals surface area contributed by atoms with Crippen LogP contribution in [0.5, 0.6) is 11.5 Å². The maximum atomic E-state index is 13.2. The zero-order valence-electron chi connectivity index (χ0n) is 13.6. The van der Waals surface area contributed by atoms with Gasteiger partial charge in [0.05, 0.1) is 0 Å². The molecule has 7 nitrogen and oxygen atoms in total. The molecule has 0 fully saturated rings. The monoisotopic (exact) mass is 355 g/mol. The summed E-state index contributed by atoms with van der Waals surface area (Å²) in [5.74, 6) is 1.27. The van der Waals surface area contributed by atoms with Gasteiger partial charge in [-0.05, 0) is 24.3 Å². The summed E-state index contributed by atoms with van der Waals surface area (Å²) < 4.78 is 28.9. The molecule has 2 aromatic carbocycles. The fourth-order valence-corrected chi connectivity index (χ4v) is 2.52. The van der Waals surface area contributed by atoms with E-state index in [-0.39, 0.29) is 37.2 Å². The van der Waals surface area contributed by atoms with Gasteiger partial charge in [0.1, 0.15) is 5.82 Å². The van der Waals surface area contributed by atoms with E-state index in [0.29, 0.717) is 28.6 Å². The van der Waals surface area contributed by atoms with Crippen molar-refractivity contribution in [2.45, 2.75) is 12.8 Å². The van der Waals surface area contributed by atoms with E-state index in [1.54, 1.807) is 30.3 Å². The Morgan fingerprint density at radius 2 is 2.04 bits per heavy atom. The molecule has 2 heterocycles. The molecule has 4 rings (SSSR count). The second-order valence-electron chi connectivity index (χ2n) is 5.64. The third-order valence-electron chi connectivity index (χ3n) is 3.77. The number of nitrogens with one attached hydrogen (secondary N) is 1. The van der Waals surface area contributed by atoms with Crippen molar-refractivity contribution in [1.29, 1.82) is 0 Å². The van der Waals surface area contributed by atoms with Gasteiger partial charge >= 0.3 is 0 Å². The molecule has 0 spiro atoms. The lowest BCUT2D eigenvalue weighted by Crippen LogP contribution is -2.12. The Kier molecular flexibility index (Phi) is 4.22. The number of rotatable bonds is 5. The summed E-state index contributed by atoms with van der Waals surface area (Å²) in [6.45, 7) is 0.178. The molecule has 1 aliphatic rings.